The second kappa shape index (κ2) is 7.34. The van der Waals surface area contributed by atoms with E-state index in [2.05, 4.69) is 5.32 Å². The lowest BCUT2D eigenvalue weighted by Crippen LogP contribution is -2.49. The molecular weight excluding hydrogens is 395 g/mol. The fourth-order valence-corrected chi connectivity index (χ4v) is 3.88. The van der Waals surface area contributed by atoms with Crippen LogP contribution in [0.4, 0.5) is 23.7 Å². The number of hydrogen-bond acceptors (Lipinski definition) is 3. The lowest BCUT2D eigenvalue weighted by molar-refractivity contribution is -0.137. The maximum Gasteiger partial charge on any atom is 0.416 e. The molecule has 5 nitrogen and oxygen atoms in total. The maximum atomic E-state index is 13.2. The summed E-state index contributed by atoms with van der Waals surface area (Å²) in [7, 11) is 0. The molecule has 152 valence electrons. The third-order valence-corrected chi connectivity index (χ3v) is 5.26. The Balaban J connectivity index is 1.83. The largest absolute Gasteiger partial charge is 0.416 e. The molecule has 1 heterocycles. The summed E-state index contributed by atoms with van der Waals surface area (Å²) in [4.78, 5) is 26.9. The number of benzene rings is 2. The molecule has 0 saturated carbocycles. The second-order valence-corrected chi connectivity index (χ2v) is 7.14. The minimum atomic E-state index is -4.55. The average Bonchev–Trinajstić information content (AvgIpc) is 2.73. The Labute approximate surface area is 170 Å². The van der Waals surface area contributed by atoms with E-state index >= 15 is 0 Å². The van der Waals surface area contributed by atoms with E-state index < -0.39 is 23.8 Å². The van der Waals surface area contributed by atoms with Gasteiger partial charge in [0, 0.05) is 17.7 Å². The highest BCUT2D eigenvalue weighted by atomic mass is 19.4. The van der Waals surface area contributed by atoms with Gasteiger partial charge in [0.25, 0.3) is 0 Å². The van der Waals surface area contributed by atoms with E-state index in [1.807, 2.05) is 6.07 Å². The maximum absolute atomic E-state index is 13.2. The van der Waals surface area contributed by atoms with Crippen molar-refractivity contribution in [1.82, 2.24) is 5.32 Å². The number of allylic oxidation sites excluding steroid dienone is 1. The molecule has 0 fully saturated rings. The molecule has 0 aromatic heterocycles. The normalized spacial score (nSPS) is 19.3. The van der Waals surface area contributed by atoms with Gasteiger partial charge in [0.05, 0.1) is 28.9 Å². The molecule has 2 aliphatic rings. The molecule has 2 aromatic carbocycles. The van der Waals surface area contributed by atoms with Gasteiger partial charge in [-0.2, -0.15) is 18.4 Å². The molecular formula is C22H16F3N3O2. The number of rotatable bonds is 2. The zero-order valence-electron chi connectivity index (χ0n) is 15.7. The number of nitrogens with zero attached hydrogens (tertiary/aromatic N) is 2. The number of alkyl halides is 3. The van der Waals surface area contributed by atoms with E-state index in [1.165, 1.54) is 17.0 Å². The summed E-state index contributed by atoms with van der Waals surface area (Å²) >= 11 is 0. The number of carbonyl (C=O) groups excluding carboxylic acids is 2. The minimum Gasteiger partial charge on any atom is -0.326 e. The molecule has 8 heteroatoms. The first-order chi connectivity index (χ1) is 14.3. The van der Waals surface area contributed by atoms with Gasteiger partial charge in [-0.25, -0.2) is 4.79 Å². The monoisotopic (exact) mass is 411 g/mol. The Kier molecular flexibility index (Phi) is 4.82. The Bertz CT molecular complexity index is 1100. The molecule has 4 rings (SSSR count). The van der Waals surface area contributed by atoms with E-state index in [-0.39, 0.29) is 11.5 Å². The fraction of sp³-hybridized carbons (Fsp3) is 0.227. The van der Waals surface area contributed by atoms with Gasteiger partial charge in [0.2, 0.25) is 0 Å². The van der Waals surface area contributed by atoms with Crippen LogP contribution in [0.25, 0.3) is 0 Å². The third-order valence-electron chi connectivity index (χ3n) is 5.26. The van der Waals surface area contributed by atoms with Crippen LogP contribution in [-0.2, 0) is 11.0 Å². The number of anilines is 1. The van der Waals surface area contributed by atoms with Crippen molar-refractivity contribution in [3.05, 3.63) is 76.5 Å². The minimum absolute atomic E-state index is 0.0582. The topological polar surface area (TPSA) is 73.2 Å². The Hall–Kier alpha value is -3.60. The molecule has 1 atom stereocenters. The number of Topliss-reactive ketones (excluding diaryl/α,β-unsaturated/α-hetero) is 1. The van der Waals surface area contributed by atoms with Crippen LogP contribution < -0.4 is 10.2 Å². The van der Waals surface area contributed by atoms with Crippen LogP contribution in [0.3, 0.4) is 0 Å². The number of nitriles is 1. The molecule has 1 N–H and O–H groups in total. The molecule has 2 amide bonds. The summed E-state index contributed by atoms with van der Waals surface area (Å²) in [6, 6.07) is 11.7. The van der Waals surface area contributed by atoms with E-state index in [0.717, 1.165) is 12.1 Å². The van der Waals surface area contributed by atoms with E-state index in [1.54, 1.807) is 24.3 Å². The van der Waals surface area contributed by atoms with Crippen molar-refractivity contribution in [3.63, 3.8) is 0 Å². The van der Waals surface area contributed by atoms with Gasteiger partial charge < -0.3 is 5.32 Å². The predicted octanol–water partition coefficient (Wildman–Crippen LogP) is 4.86. The third kappa shape index (κ3) is 3.43. The van der Waals surface area contributed by atoms with E-state index in [9.17, 15) is 22.8 Å². The molecule has 0 radical (unpaired) electrons. The van der Waals surface area contributed by atoms with Gasteiger partial charge in [-0.15, -0.1) is 0 Å². The molecule has 0 spiro atoms. The fourth-order valence-electron chi connectivity index (χ4n) is 3.88. The lowest BCUT2D eigenvalue weighted by atomic mass is 9.84. The smallest absolute Gasteiger partial charge is 0.326 e. The Morgan fingerprint density at radius 2 is 1.80 bits per heavy atom. The second-order valence-electron chi connectivity index (χ2n) is 7.14. The number of hydrogen-bond donors (Lipinski definition) is 1. The molecule has 2 aromatic rings. The van der Waals surface area contributed by atoms with Crippen molar-refractivity contribution >= 4 is 17.5 Å². The van der Waals surface area contributed by atoms with Gasteiger partial charge in [-0.3, -0.25) is 9.69 Å². The molecule has 0 saturated heterocycles. The van der Waals surface area contributed by atoms with E-state index in [0.29, 0.717) is 41.7 Å². The summed E-state index contributed by atoms with van der Waals surface area (Å²) in [6.07, 6.45) is -3.33. The van der Waals surface area contributed by atoms with Gasteiger partial charge in [0.1, 0.15) is 0 Å². The van der Waals surface area contributed by atoms with Gasteiger partial charge in [-0.1, -0.05) is 18.2 Å². The first kappa shape index (κ1) is 19.7. The zero-order chi connectivity index (χ0) is 21.5. The number of ketones is 1. The van der Waals surface area contributed by atoms with Crippen molar-refractivity contribution in [2.24, 2.45) is 0 Å². The first-order valence-corrected chi connectivity index (χ1v) is 9.34. The number of halogens is 3. The summed E-state index contributed by atoms with van der Waals surface area (Å²) in [6.45, 7) is 0. The van der Waals surface area contributed by atoms with Crippen LogP contribution in [0, 0.1) is 11.3 Å². The van der Waals surface area contributed by atoms with Gasteiger partial charge in [0.15, 0.2) is 5.78 Å². The number of nitrogens with one attached hydrogen (secondary N) is 1. The lowest BCUT2D eigenvalue weighted by Gasteiger charge is -2.39. The van der Waals surface area contributed by atoms with Crippen LogP contribution >= 0.6 is 0 Å². The summed E-state index contributed by atoms with van der Waals surface area (Å²) in [5, 5.41) is 11.7. The van der Waals surface area contributed by atoms with Gasteiger partial charge in [-0.05, 0) is 48.7 Å². The van der Waals surface area contributed by atoms with Crippen molar-refractivity contribution in [3.8, 4) is 6.07 Å². The highest BCUT2D eigenvalue weighted by Crippen LogP contribution is 2.40. The number of urea groups is 1. The van der Waals surface area contributed by atoms with Crippen LogP contribution in [0.5, 0.6) is 0 Å². The van der Waals surface area contributed by atoms with Crippen molar-refractivity contribution in [1.29, 1.82) is 5.26 Å². The van der Waals surface area contributed by atoms with Crippen LogP contribution in [-0.4, -0.2) is 11.8 Å². The molecule has 1 aliphatic heterocycles. The predicted molar refractivity (Wildman–Crippen MR) is 102 cm³/mol. The summed E-state index contributed by atoms with van der Waals surface area (Å²) in [5.74, 6) is -0.150. The van der Waals surface area contributed by atoms with Crippen molar-refractivity contribution < 1.29 is 22.8 Å². The highest BCUT2D eigenvalue weighted by molar-refractivity contribution is 6.06. The molecule has 30 heavy (non-hydrogen) atoms. The molecule has 0 bridgehead atoms. The quantitative estimate of drug-likeness (QED) is 0.767. The van der Waals surface area contributed by atoms with Gasteiger partial charge >= 0.3 is 12.2 Å². The summed E-state index contributed by atoms with van der Waals surface area (Å²) in [5.41, 5.74) is 1.06. The van der Waals surface area contributed by atoms with Crippen molar-refractivity contribution in [2.45, 2.75) is 31.5 Å². The summed E-state index contributed by atoms with van der Waals surface area (Å²) < 4.78 is 39.5. The zero-order valence-corrected chi connectivity index (χ0v) is 15.7. The van der Waals surface area contributed by atoms with Crippen LogP contribution in [0.2, 0.25) is 0 Å². The van der Waals surface area contributed by atoms with Crippen LogP contribution in [0.15, 0.2) is 59.8 Å². The standard InChI is InChI=1S/C22H16F3N3O2/c23-22(24,25)15-3-1-4-16(11-15)28-17-5-2-6-18(29)19(17)20(27-21(28)30)14-9-7-13(12-26)8-10-14/h1,3-4,7-11,20H,2,5-6H2,(H,27,30)/t20-/m0/s1. The highest BCUT2D eigenvalue weighted by Gasteiger charge is 2.40. The van der Waals surface area contributed by atoms with Crippen molar-refractivity contribution in [2.75, 3.05) is 4.90 Å². The molecule has 1 aliphatic carbocycles. The SMILES string of the molecule is N#Cc1ccc([C@@H]2NC(=O)N(c3cccc(C(F)(F)F)c3)C3=C2C(=O)CCC3)cc1. The average molecular weight is 411 g/mol. The molecule has 0 unspecified atom stereocenters. The Morgan fingerprint density at radius 1 is 1.07 bits per heavy atom. The number of amides is 2. The van der Waals surface area contributed by atoms with Crippen LogP contribution in [0.1, 0.15) is 42.0 Å². The Morgan fingerprint density at radius 3 is 2.47 bits per heavy atom. The number of carbonyl (C=O) groups is 2. The first-order valence-electron chi connectivity index (χ1n) is 9.34. The van der Waals surface area contributed by atoms with E-state index in [4.69, 9.17) is 5.26 Å².